The van der Waals surface area contributed by atoms with Gasteiger partial charge in [-0.15, -0.1) is 0 Å². The molecule has 7 atom stereocenters. The lowest BCUT2D eigenvalue weighted by molar-refractivity contribution is -0.160. The van der Waals surface area contributed by atoms with E-state index in [9.17, 15) is 14.4 Å². The van der Waals surface area contributed by atoms with Gasteiger partial charge in [0.25, 0.3) is 0 Å². The Labute approximate surface area is 152 Å². The van der Waals surface area contributed by atoms with Crippen molar-refractivity contribution < 1.29 is 14.4 Å². The summed E-state index contributed by atoms with van der Waals surface area (Å²) in [6.45, 7) is 8.48. The number of fused-ring (bicyclic) bond motifs is 5. The number of rotatable bonds is 1. The fourth-order valence-corrected chi connectivity index (χ4v) is 7.12. The van der Waals surface area contributed by atoms with Crippen LogP contribution in [0.3, 0.4) is 0 Å². The zero-order valence-corrected chi connectivity index (χ0v) is 16.3. The lowest BCUT2D eigenvalue weighted by atomic mass is 9.44. The molecule has 0 amide bonds. The van der Waals surface area contributed by atoms with Crippen LogP contribution in [0.25, 0.3) is 0 Å². The van der Waals surface area contributed by atoms with Gasteiger partial charge in [0.05, 0.1) is 0 Å². The third-order valence-electron chi connectivity index (χ3n) is 8.40. The maximum absolute atomic E-state index is 13.2. The summed E-state index contributed by atoms with van der Waals surface area (Å²) in [7, 11) is 0. The van der Waals surface area contributed by atoms with Crippen LogP contribution in [-0.4, -0.2) is 17.9 Å². The first-order valence-electron chi connectivity index (χ1n) is 10.4. The van der Waals surface area contributed by atoms with E-state index in [1.165, 1.54) is 0 Å². The number of Topliss-reactive ketones (excluding diaryl/α,β-unsaturated/α-hetero) is 2. The van der Waals surface area contributed by atoms with E-state index in [0.717, 1.165) is 38.4 Å². The second-order valence-electron chi connectivity index (χ2n) is 9.24. The predicted molar refractivity (Wildman–Crippen MR) is 98.0 cm³/mol. The lowest BCUT2D eigenvalue weighted by Gasteiger charge is -2.59. The average molecular weight is 347 g/mol. The number of carbonyl (C=O) groups excluding carboxylic acids is 3. The molecule has 4 aliphatic carbocycles. The zero-order chi connectivity index (χ0) is 18.4. The number of aldehydes is 1. The van der Waals surface area contributed by atoms with Gasteiger partial charge in [0.2, 0.25) is 0 Å². The monoisotopic (exact) mass is 346 g/mol. The molecule has 3 heteroatoms. The summed E-state index contributed by atoms with van der Waals surface area (Å²) in [5, 5.41) is 0. The SMILES string of the molecule is CC.C[C@]12CCC(=O)CC1CCC1C2C(=O)C[C@@]2(C)C1CC[C@@H]2C=O. The first kappa shape index (κ1) is 18.8. The third kappa shape index (κ3) is 2.64. The molecule has 0 aliphatic heterocycles. The predicted octanol–water partition coefficient (Wildman–Crippen LogP) is 4.62. The van der Waals surface area contributed by atoms with Crippen molar-refractivity contribution in [2.45, 2.75) is 79.1 Å². The van der Waals surface area contributed by atoms with Gasteiger partial charge >= 0.3 is 0 Å². The van der Waals surface area contributed by atoms with Gasteiger partial charge in [-0.3, -0.25) is 9.59 Å². The van der Waals surface area contributed by atoms with Crippen LogP contribution in [0.5, 0.6) is 0 Å². The van der Waals surface area contributed by atoms with Gasteiger partial charge in [-0.1, -0.05) is 27.7 Å². The Morgan fingerprint density at radius 1 is 1.00 bits per heavy atom. The molecule has 0 heterocycles. The number of ketones is 2. The quantitative estimate of drug-likeness (QED) is 0.651. The second-order valence-corrected chi connectivity index (χ2v) is 9.24. The molecule has 0 N–H and O–H groups in total. The molecule has 0 aromatic rings. The van der Waals surface area contributed by atoms with E-state index in [0.29, 0.717) is 48.6 Å². The van der Waals surface area contributed by atoms with Gasteiger partial charge in [-0.2, -0.15) is 0 Å². The maximum Gasteiger partial charge on any atom is 0.137 e. The molecule has 0 bridgehead atoms. The smallest absolute Gasteiger partial charge is 0.137 e. The molecule has 4 saturated carbocycles. The van der Waals surface area contributed by atoms with Gasteiger partial charge in [0.15, 0.2) is 0 Å². The molecule has 4 rings (SSSR count). The van der Waals surface area contributed by atoms with Gasteiger partial charge in [0.1, 0.15) is 17.9 Å². The van der Waals surface area contributed by atoms with Crippen molar-refractivity contribution in [1.29, 1.82) is 0 Å². The Balaban J connectivity index is 0.000000880. The Morgan fingerprint density at radius 3 is 2.40 bits per heavy atom. The van der Waals surface area contributed by atoms with Crippen molar-refractivity contribution >= 4 is 17.9 Å². The Morgan fingerprint density at radius 2 is 1.72 bits per heavy atom. The van der Waals surface area contributed by atoms with Crippen molar-refractivity contribution in [2.24, 2.45) is 40.4 Å². The molecule has 0 spiro atoms. The topological polar surface area (TPSA) is 51.2 Å². The summed E-state index contributed by atoms with van der Waals surface area (Å²) in [5.74, 6) is 2.36. The van der Waals surface area contributed by atoms with E-state index in [4.69, 9.17) is 0 Å². The van der Waals surface area contributed by atoms with Crippen molar-refractivity contribution in [3.63, 3.8) is 0 Å². The highest BCUT2D eigenvalue weighted by molar-refractivity contribution is 5.86. The van der Waals surface area contributed by atoms with Crippen LogP contribution in [0.2, 0.25) is 0 Å². The zero-order valence-electron chi connectivity index (χ0n) is 16.3. The first-order chi connectivity index (χ1) is 11.9. The number of carbonyl (C=O) groups is 3. The number of hydrogen-bond donors (Lipinski definition) is 0. The molecule has 25 heavy (non-hydrogen) atoms. The van der Waals surface area contributed by atoms with Crippen molar-refractivity contribution in [2.75, 3.05) is 0 Å². The molecule has 0 saturated heterocycles. The Kier molecular flexibility index (Phi) is 4.98. The van der Waals surface area contributed by atoms with Crippen LogP contribution >= 0.6 is 0 Å². The Hall–Kier alpha value is -0.990. The fraction of sp³-hybridized carbons (Fsp3) is 0.864. The summed E-state index contributed by atoms with van der Waals surface area (Å²) in [6.07, 6.45) is 8.16. The molecule has 0 aromatic heterocycles. The second kappa shape index (κ2) is 6.63. The molecular formula is C22H34O3. The first-order valence-corrected chi connectivity index (χ1v) is 10.4. The summed E-state index contributed by atoms with van der Waals surface area (Å²) < 4.78 is 0. The van der Waals surface area contributed by atoms with Crippen LogP contribution in [0.1, 0.15) is 79.1 Å². The van der Waals surface area contributed by atoms with Gasteiger partial charge in [0, 0.05) is 31.1 Å². The molecule has 0 radical (unpaired) electrons. The van der Waals surface area contributed by atoms with Gasteiger partial charge in [-0.05, 0) is 60.7 Å². The lowest BCUT2D eigenvalue weighted by Crippen LogP contribution is -2.57. The minimum atomic E-state index is -0.103. The van der Waals surface area contributed by atoms with Crippen molar-refractivity contribution in [3.8, 4) is 0 Å². The highest BCUT2D eigenvalue weighted by atomic mass is 16.1. The molecule has 4 aliphatic rings. The normalized spacial score (nSPS) is 48.6. The van der Waals surface area contributed by atoms with E-state index in [2.05, 4.69) is 13.8 Å². The van der Waals surface area contributed by atoms with Gasteiger partial charge in [-0.25, -0.2) is 0 Å². The van der Waals surface area contributed by atoms with Crippen LogP contribution < -0.4 is 0 Å². The Bertz CT molecular complexity index is 568. The average Bonchev–Trinajstić information content (AvgIpc) is 2.92. The van der Waals surface area contributed by atoms with Crippen LogP contribution in [0.15, 0.2) is 0 Å². The van der Waals surface area contributed by atoms with Crippen LogP contribution in [-0.2, 0) is 14.4 Å². The van der Waals surface area contributed by atoms with Crippen molar-refractivity contribution in [3.05, 3.63) is 0 Å². The molecule has 3 nitrogen and oxygen atoms in total. The molecule has 4 unspecified atom stereocenters. The largest absolute Gasteiger partial charge is 0.303 e. The molecule has 0 aromatic carbocycles. The van der Waals surface area contributed by atoms with Crippen LogP contribution in [0.4, 0.5) is 0 Å². The van der Waals surface area contributed by atoms with E-state index in [1.807, 2.05) is 13.8 Å². The van der Waals surface area contributed by atoms with E-state index < -0.39 is 0 Å². The third-order valence-corrected chi connectivity index (χ3v) is 8.40. The standard InChI is InChI=1S/C20H28O3.C2H6/c1-19-8-7-14(22)9-12(19)3-5-15-16-6-4-13(11-21)20(16,2)10-17(23)18(15)19;1-2/h11-13,15-16,18H,3-10H2,1-2H3;1-2H3/t12?,13-,15?,16?,18?,19+,20-;/m1./s1. The summed E-state index contributed by atoms with van der Waals surface area (Å²) in [4.78, 5) is 36.6. The van der Waals surface area contributed by atoms with E-state index in [-0.39, 0.29) is 22.7 Å². The minimum absolute atomic E-state index is 0.0223. The van der Waals surface area contributed by atoms with E-state index in [1.54, 1.807) is 0 Å². The summed E-state index contributed by atoms with van der Waals surface area (Å²) in [6, 6.07) is 0. The van der Waals surface area contributed by atoms with E-state index >= 15 is 0 Å². The summed E-state index contributed by atoms with van der Waals surface area (Å²) in [5.41, 5.74) is -0.0812. The van der Waals surface area contributed by atoms with Crippen LogP contribution in [0, 0.1) is 40.4 Å². The minimum Gasteiger partial charge on any atom is -0.303 e. The molecular weight excluding hydrogens is 312 g/mol. The molecule has 4 fully saturated rings. The van der Waals surface area contributed by atoms with Gasteiger partial charge < -0.3 is 4.79 Å². The highest BCUT2D eigenvalue weighted by Crippen LogP contribution is 2.65. The highest BCUT2D eigenvalue weighted by Gasteiger charge is 2.63. The maximum atomic E-state index is 13.2. The summed E-state index contributed by atoms with van der Waals surface area (Å²) >= 11 is 0. The fourth-order valence-electron chi connectivity index (χ4n) is 7.12. The molecule has 140 valence electrons. The number of hydrogen-bond acceptors (Lipinski definition) is 3. The van der Waals surface area contributed by atoms with Crippen molar-refractivity contribution in [1.82, 2.24) is 0 Å².